The van der Waals surface area contributed by atoms with Crippen LogP contribution in [0.5, 0.6) is 0 Å². The Labute approximate surface area is 120 Å². The zero-order valence-electron chi connectivity index (χ0n) is 11.3. The number of aryl methyl sites for hydroxylation is 1. The van der Waals surface area contributed by atoms with Crippen molar-refractivity contribution in [2.45, 2.75) is 38.9 Å². The first-order valence-electron chi connectivity index (χ1n) is 6.34. The van der Waals surface area contributed by atoms with Gasteiger partial charge in [0, 0.05) is 12.2 Å². The summed E-state index contributed by atoms with van der Waals surface area (Å²) < 4.78 is 5.58. The Hall–Kier alpha value is -1.10. The highest BCUT2D eigenvalue weighted by atomic mass is 35.5. The molecule has 0 bridgehead atoms. The van der Waals surface area contributed by atoms with E-state index in [1.54, 1.807) is 0 Å². The number of rotatable bonds is 3. The predicted octanol–water partition coefficient (Wildman–Crippen LogP) is 2.17. The van der Waals surface area contributed by atoms with E-state index in [9.17, 15) is 4.79 Å². The molecule has 5 heteroatoms. The fraction of sp³-hybridized carbons (Fsp3) is 0.500. The van der Waals surface area contributed by atoms with E-state index in [4.69, 9.17) is 10.5 Å². The predicted molar refractivity (Wildman–Crippen MR) is 78.7 cm³/mol. The van der Waals surface area contributed by atoms with Gasteiger partial charge in [-0.1, -0.05) is 12.1 Å². The molecule has 19 heavy (non-hydrogen) atoms. The summed E-state index contributed by atoms with van der Waals surface area (Å²) in [6.07, 6.45) is 1.28. The Balaban J connectivity index is 0.00000180. The molecular formula is C14H21ClN2O2. The second kappa shape index (κ2) is 6.89. The molecule has 0 aliphatic carbocycles. The second-order valence-corrected chi connectivity index (χ2v) is 4.80. The third kappa shape index (κ3) is 3.69. The normalized spacial score (nSPS) is 21.8. The Bertz CT molecular complexity index is 451. The first kappa shape index (κ1) is 16.0. The molecule has 4 nitrogen and oxygen atoms in total. The van der Waals surface area contributed by atoms with E-state index in [1.165, 1.54) is 5.56 Å². The molecule has 1 amide bonds. The first-order valence-corrected chi connectivity index (χ1v) is 6.34. The lowest BCUT2D eigenvalue weighted by Crippen LogP contribution is -2.30. The van der Waals surface area contributed by atoms with Crippen LogP contribution in [0.1, 0.15) is 24.0 Å². The zero-order chi connectivity index (χ0) is 13.1. The van der Waals surface area contributed by atoms with Crippen LogP contribution in [0.3, 0.4) is 0 Å². The molecule has 1 aliphatic heterocycles. The number of amides is 1. The molecule has 1 aliphatic rings. The van der Waals surface area contributed by atoms with Gasteiger partial charge in [0.25, 0.3) is 5.91 Å². The number of ether oxygens (including phenoxy) is 1. The quantitative estimate of drug-likeness (QED) is 0.894. The van der Waals surface area contributed by atoms with Crippen LogP contribution >= 0.6 is 12.4 Å². The maximum atomic E-state index is 12.1. The lowest BCUT2D eigenvalue weighted by atomic mass is 10.1. The monoisotopic (exact) mass is 284 g/mol. The number of benzene rings is 1. The van der Waals surface area contributed by atoms with Crippen molar-refractivity contribution in [2.75, 3.05) is 11.9 Å². The zero-order valence-corrected chi connectivity index (χ0v) is 12.1. The van der Waals surface area contributed by atoms with Crippen LogP contribution < -0.4 is 11.1 Å². The Morgan fingerprint density at radius 2 is 2.16 bits per heavy atom. The van der Waals surface area contributed by atoms with Gasteiger partial charge in [-0.25, -0.2) is 0 Å². The average Bonchev–Trinajstić information content (AvgIpc) is 2.83. The topological polar surface area (TPSA) is 64.4 Å². The summed E-state index contributed by atoms with van der Waals surface area (Å²) in [5.74, 6) is -0.0698. The number of hydrogen-bond donors (Lipinski definition) is 2. The summed E-state index contributed by atoms with van der Waals surface area (Å²) in [5.41, 5.74) is 8.66. The van der Waals surface area contributed by atoms with Crippen molar-refractivity contribution < 1.29 is 9.53 Å². The van der Waals surface area contributed by atoms with Gasteiger partial charge in [-0.3, -0.25) is 4.79 Å². The van der Waals surface area contributed by atoms with E-state index in [-0.39, 0.29) is 30.5 Å². The van der Waals surface area contributed by atoms with Crippen molar-refractivity contribution in [3.63, 3.8) is 0 Å². The highest BCUT2D eigenvalue weighted by Crippen LogP contribution is 2.22. The number of carbonyl (C=O) groups is 1. The van der Waals surface area contributed by atoms with Crippen molar-refractivity contribution in [3.8, 4) is 0 Å². The van der Waals surface area contributed by atoms with E-state index < -0.39 is 0 Å². The number of carbonyl (C=O) groups excluding carboxylic acids is 1. The molecule has 1 fully saturated rings. The van der Waals surface area contributed by atoms with Crippen LogP contribution in [0.25, 0.3) is 0 Å². The van der Waals surface area contributed by atoms with E-state index in [1.807, 2.05) is 32.0 Å². The molecule has 2 rings (SSSR count). The first-order chi connectivity index (χ1) is 8.61. The molecular weight excluding hydrogens is 264 g/mol. The van der Waals surface area contributed by atoms with Crippen LogP contribution in [-0.4, -0.2) is 24.7 Å². The smallest absolute Gasteiger partial charge is 0.253 e. The van der Waals surface area contributed by atoms with Gasteiger partial charge in [-0.05, 0) is 43.9 Å². The van der Waals surface area contributed by atoms with Gasteiger partial charge in [0.1, 0.15) is 6.10 Å². The van der Waals surface area contributed by atoms with Gasteiger partial charge in [-0.2, -0.15) is 0 Å². The molecule has 1 saturated heterocycles. The number of nitrogens with two attached hydrogens (primary N) is 1. The third-order valence-electron chi connectivity index (χ3n) is 3.53. The Morgan fingerprint density at radius 1 is 1.42 bits per heavy atom. The van der Waals surface area contributed by atoms with Crippen molar-refractivity contribution in [3.05, 3.63) is 29.3 Å². The van der Waals surface area contributed by atoms with Crippen LogP contribution in [0.2, 0.25) is 0 Å². The van der Waals surface area contributed by atoms with E-state index in [0.29, 0.717) is 6.54 Å². The lowest BCUT2D eigenvalue weighted by molar-refractivity contribution is -0.126. The molecule has 2 atom stereocenters. The fourth-order valence-electron chi connectivity index (χ4n) is 2.17. The molecule has 0 unspecified atom stereocenters. The molecule has 1 aromatic carbocycles. The summed E-state index contributed by atoms with van der Waals surface area (Å²) in [5, 5.41) is 2.93. The number of hydrogen-bond acceptors (Lipinski definition) is 3. The summed E-state index contributed by atoms with van der Waals surface area (Å²) in [7, 11) is 0. The summed E-state index contributed by atoms with van der Waals surface area (Å²) >= 11 is 0. The summed E-state index contributed by atoms with van der Waals surface area (Å²) in [6.45, 7) is 4.51. The van der Waals surface area contributed by atoms with E-state index in [2.05, 4.69) is 5.32 Å². The molecule has 3 N–H and O–H groups in total. The molecule has 106 valence electrons. The standard InChI is InChI=1S/C14H20N2O2.ClH/c1-9-4-3-5-12(10(9)2)16-14(17)13-7-6-11(8-15)18-13;/h3-5,11,13H,6-8,15H2,1-2H3,(H,16,17);1H/t11-,13+;/m1./s1. The van der Waals surface area contributed by atoms with Gasteiger partial charge in [0.2, 0.25) is 0 Å². The third-order valence-corrected chi connectivity index (χ3v) is 3.53. The van der Waals surface area contributed by atoms with Crippen LogP contribution in [0.15, 0.2) is 18.2 Å². The van der Waals surface area contributed by atoms with Gasteiger partial charge >= 0.3 is 0 Å². The number of nitrogens with one attached hydrogen (secondary N) is 1. The van der Waals surface area contributed by atoms with Gasteiger partial charge in [-0.15, -0.1) is 12.4 Å². The maximum Gasteiger partial charge on any atom is 0.253 e. The molecule has 0 radical (unpaired) electrons. The van der Waals surface area contributed by atoms with Gasteiger partial charge < -0.3 is 15.8 Å². The van der Waals surface area contributed by atoms with Gasteiger partial charge in [0.05, 0.1) is 6.10 Å². The van der Waals surface area contributed by atoms with Crippen molar-refractivity contribution in [1.82, 2.24) is 0 Å². The minimum atomic E-state index is -0.363. The van der Waals surface area contributed by atoms with Crippen molar-refractivity contribution in [2.24, 2.45) is 5.73 Å². The average molecular weight is 285 g/mol. The minimum Gasteiger partial charge on any atom is -0.364 e. The van der Waals surface area contributed by atoms with Crippen LogP contribution in [0.4, 0.5) is 5.69 Å². The van der Waals surface area contributed by atoms with Gasteiger partial charge in [0.15, 0.2) is 0 Å². The largest absolute Gasteiger partial charge is 0.364 e. The maximum absolute atomic E-state index is 12.1. The highest BCUT2D eigenvalue weighted by Gasteiger charge is 2.29. The Morgan fingerprint density at radius 3 is 2.79 bits per heavy atom. The molecule has 1 aromatic rings. The molecule has 0 aromatic heterocycles. The van der Waals surface area contributed by atoms with Crippen molar-refractivity contribution >= 4 is 24.0 Å². The SMILES string of the molecule is Cc1cccc(NC(=O)[C@@H]2CC[C@H](CN)O2)c1C.Cl. The second-order valence-electron chi connectivity index (χ2n) is 4.80. The summed E-state index contributed by atoms with van der Waals surface area (Å²) in [6, 6.07) is 5.88. The highest BCUT2D eigenvalue weighted by molar-refractivity contribution is 5.95. The number of halogens is 1. The van der Waals surface area contributed by atoms with Crippen LogP contribution in [0, 0.1) is 13.8 Å². The molecule has 0 saturated carbocycles. The van der Waals surface area contributed by atoms with E-state index >= 15 is 0 Å². The lowest BCUT2D eigenvalue weighted by Gasteiger charge is -2.14. The Kier molecular flexibility index (Phi) is 5.79. The summed E-state index contributed by atoms with van der Waals surface area (Å²) in [4.78, 5) is 12.1. The minimum absolute atomic E-state index is 0. The van der Waals surface area contributed by atoms with E-state index in [0.717, 1.165) is 24.1 Å². The van der Waals surface area contributed by atoms with Crippen molar-refractivity contribution in [1.29, 1.82) is 0 Å². The fourth-order valence-corrected chi connectivity index (χ4v) is 2.17. The molecule has 1 heterocycles. The molecule has 0 spiro atoms. The van der Waals surface area contributed by atoms with Crippen LogP contribution in [-0.2, 0) is 9.53 Å². The number of anilines is 1.